The molecule has 202 valence electrons. The number of carbonyl (C=O) groups excluding carboxylic acids is 1. The van der Waals surface area contributed by atoms with Gasteiger partial charge in [0.2, 0.25) is 0 Å². The van der Waals surface area contributed by atoms with Gasteiger partial charge in [0.1, 0.15) is 0 Å². The second kappa shape index (κ2) is 14.3. The zero-order chi connectivity index (χ0) is 27.7. The SMILES string of the molecule is CCC.CCCC(CC)Cc1ccc(C2=C(c3ccc(C)cc3C)CCCc3cc(C(C)=O)ccc32)cc1. The number of hydrogen-bond donors (Lipinski definition) is 0. The van der Waals surface area contributed by atoms with E-state index >= 15 is 0 Å². The molecule has 0 radical (unpaired) electrons. The largest absolute Gasteiger partial charge is 0.295 e. The third kappa shape index (κ3) is 7.34. The Labute approximate surface area is 232 Å². The van der Waals surface area contributed by atoms with Crippen LogP contribution >= 0.6 is 0 Å². The fourth-order valence-corrected chi connectivity index (χ4v) is 5.76. The summed E-state index contributed by atoms with van der Waals surface area (Å²) in [5.41, 5.74) is 12.9. The second-order valence-electron chi connectivity index (χ2n) is 11.1. The van der Waals surface area contributed by atoms with Gasteiger partial charge in [0, 0.05) is 5.56 Å². The van der Waals surface area contributed by atoms with Crippen LogP contribution in [-0.4, -0.2) is 5.78 Å². The molecule has 0 aliphatic heterocycles. The number of Topliss-reactive ketones (excluding diaryl/α,β-unsaturated/α-hetero) is 1. The highest BCUT2D eigenvalue weighted by Crippen LogP contribution is 2.41. The van der Waals surface area contributed by atoms with Crippen molar-refractivity contribution in [2.24, 2.45) is 5.92 Å². The van der Waals surface area contributed by atoms with Crippen molar-refractivity contribution in [1.29, 1.82) is 0 Å². The highest BCUT2D eigenvalue weighted by molar-refractivity contribution is 6.01. The second-order valence-corrected chi connectivity index (χ2v) is 11.1. The molecule has 1 aliphatic carbocycles. The van der Waals surface area contributed by atoms with Crippen molar-refractivity contribution in [3.63, 3.8) is 0 Å². The lowest BCUT2D eigenvalue weighted by molar-refractivity contribution is 0.101. The van der Waals surface area contributed by atoms with E-state index in [2.05, 4.69) is 96.1 Å². The average Bonchev–Trinajstić information content (AvgIpc) is 3.08. The van der Waals surface area contributed by atoms with Crippen LogP contribution in [0, 0.1) is 19.8 Å². The van der Waals surface area contributed by atoms with Crippen molar-refractivity contribution in [2.45, 2.75) is 99.8 Å². The fraction of sp³-hybridized carbons (Fsp3) is 0.432. The van der Waals surface area contributed by atoms with Gasteiger partial charge in [-0.3, -0.25) is 4.79 Å². The lowest BCUT2D eigenvalue weighted by Crippen LogP contribution is -2.03. The molecule has 0 bridgehead atoms. The Morgan fingerprint density at radius 2 is 1.53 bits per heavy atom. The van der Waals surface area contributed by atoms with E-state index in [1.54, 1.807) is 6.92 Å². The first-order chi connectivity index (χ1) is 18.3. The lowest BCUT2D eigenvalue weighted by atomic mass is 9.85. The Hall–Kier alpha value is -2.93. The Morgan fingerprint density at radius 1 is 0.842 bits per heavy atom. The van der Waals surface area contributed by atoms with Crippen molar-refractivity contribution in [1.82, 2.24) is 0 Å². The number of rotatable bonds is 8. The third-order valence-corrected chi connectivity index (χ3v) is 7.70. The van der Waals surface area contributed by atoms with Crippen LogP contribution < -0.4 is 0 Å². The van der Waals surface area contributed by atoms with Crippen molar-refractivity contribution < 1.29 is 4.79 Å². The number of fused-ring (bicyclic) bond motifs is 1. The van der Waals surface area contributed by atoms with Gasteiger partial charge in [0.15, 0.2) is 5.78 Å². The molecule has 0 amide bonds. The van der Waals surface area contributed by atoms with E-state index in [0.717, 1.165) is 37.2 Å². The first-order valence-electron chi connectivity index (χ1n) is 14.9. The Balaban J connectivity index is 0.00000127. The standard InChI is InChI=1S/C34H40O.C3H8/c1-6-9-26(7-2)21-27-13-15-28(16-14-27)34-32-19-17-29(25(5)35)22-30(32)10-8-11-33(34)31-18-12-23(3)20-24(31)4;1-3-2/h12-20,22,26H,6-11,21H2,1-5H3;3H2,1-2H3. The molecule has 1 nitrogen and oxygen atoms in total. The highest BCUT2D eigenvalue weighted by atomic mass is 16.1. The molecule has 0 heterocycles. The molecule has 0 N–H and O–H groups in total. The number of allylic oxidation sites excluding steroid dienone is 1. The Bertz CT molecular complexity index is 1240. The van der Waals surface area contributed by atoms with Crippen LogP contribution in [0.15, 0.2) is 60.7 Å². The van der Waals surface area contributed by atoms with Gasteiger partial charge in [0.05, 0.1) is 0 Å². The van der Waals surface area contributed by atoms with Gasteiger partial charge in [-0.25, -0.2) is 0 Å². The van der Waals surface area contributed by atoms with E-state index in [-0.39, 0.29) is 5.78 Å². The van der Waals surface area contributed by atoms with Crippen LogP contribution in [0.1, 0.15) is 122 Å². The predicted octanol–water partition coefficient (Wildman–Crippen LogP) is 10.6. The van der Waals surface area contributed by atoms with Crippen molar-refractivity contribution in [2.75, 3.05) is 0 Å². The number of aryl methyl sites for hydroxylation is 3. The van der Waals surface area contributed by atoms with Crippen LogP contribution in [-0.2, 0) is 12.8 Å². The summed E-state index contributed by atoms with van der Waals surface area (Å²) in [7, 11) is 0. The van der Waals surface area contributed by atoms with E-state index in [0.29, 0.717) is 0 Å². The maximum Gasteiger partial charge on any atom is 0.159 e. The predicted molar refractivity (Wildman–Crippen MR) is 166 cm³/mol. The molecule has 3 aromatic rings. The van der Waals surface area contributed by atoms with E-state index in [1.807, 2.05) is 6.07 Å². The zero-order valence-corrected chi connectivity index (χ0v) is 24.9. The minimum absolute atomic E-state index is 0.138. The molecule has 3 aromatic carbocycles. The van der Waals surface area contributed by atoms with Gasteiger partial charge in [0.25, 0.3) is 0 Å². The van der Waals surface area contributed by atoms with Gasteiger partial charge < -0.3 is 0 Å². The first kappa shape index (κ1) is 29.6. The van der Waals surface area contributed by atoms with E-state index in [1.165, 1.54) is 75.8 Å². The quantitative estimate of drug-likeness (QED) is 0.277. The summed E-state index contributed by atoms with van der Waals surface area (Å²) in [6, 6.07) is 22.5. The third-order valence-electron chi connectivity index (χ3n) is 7.70. The van der Waals surface area contributed by atoms with Gasteiger partial charge >= 0.3 is 0 Å². The lowest BCUT2D eigenvalue weighted by Gasteiger charge is -2.19. The summed E-state index contributed by atoms with van der Waals surface area (Å²) in [5.74, 6) is 0.901. The summed E-state index contributed by atoms with van der Waals surface area (Å²) in [4.78, 5) is 12.1. The first-order valence-corrected chi connectivity index (χ1v) is 14.9. The molecule has 0 aromatic heterocycles. The normalized spacial score (nSPS) is 13.8. The van der Waals surface area contributed by atoms with Gasteiger partial charge in [-0.15, -0.1) is 0 Å². The van der Waals surface area contributed by atoms with Crippen molar-refractivity contribution in [3.05, 3.63) is 105 Å². The molecule has 1 aliphatic rings. The summed E-state index contributed by atoms with van der Waals surface area (Å²) in [6.07, 6.45) is 9.33. The van der Waals surface area contributed by atoms with Crippen LogP contribution in [0.2, 0.25) is 0 Å². The topological polar surface area (TPSA) is 17.1 Å². The zero-order valence-electron chi connectivity index (χ0n) is 24.9. The molecule has 0 spiro atoms. The molecule has 0 saturated heterocycles. The maximum atomic E-state index is 12.1. The summed E-state index contributed by atoms with van der Waals surface area (Å²) < 4.78 is 0. The minimum Gasteiger partial charge on any atom is -0.295 e. The molecular formula is C37H48O. The van der Waals surface area contributed by atoms with Crippen molar-refractivity contribution in [3.8, 4) is 0 Å². The average molecular weight is 509 g/mol. The smallest absolute Gasteiger partial charge is 0.159 e. The number of hydrogen-bond acceptors (Lipinski definition) is 1. The van der Waals surface area contributed by atoms with Gasteiger partial charge in [-0.05, 0) is 103 Å². The van der Waals surface area contributed by atoms with Gasteiger partial charge in [-0.2, -0.15) is 0 Å². The molecule has 0 saturated carbocycles. The molecule has 1 heteroatoms. The number of ketones is 1. The number of carbonyl (C=O) groups is 1. The van der Waals surface area contributed by atoms with E-state index in [9.17, 15) is 4.79 Å². The Morgan fingerprint density at radius 3 is 2.13 bits per heavy atom. The molecular weight excluding hydrogens is 460 g/mol. The van der Waals surface area contributed by atoms with Crippen LogP contribution in [0.5, 0.6) is 0 Å². The number of benzene rings is 3. The maximum absolute atomic E-state index is 12.1. The highest BCUT2D eigenvalue weighted by Gasteiger charge is 2.22. The Kier molecular flexibility index (Phi) is 11.1. The molecule has 38 heavy (non-hydrogen) atoms. The van der Waals surface area contributed by atoms with Crippen molar-refractivity contribution >= 4 is 16.9 Å². The van der Waals surface area contributed by atoms with E-state index < -0.39 is 0 Å². The fourth-order valence-electron chi connectivity index (χ4n) is 5.76. The molecule has 4 rings (SSSR count). The van der Waals surface area contributed by atoms with Crippen LogP contribution in [0.4, 0.5) is 0 Å². The van der Waals surface area contributed by atoms with Crippen LogP contribution in [0.25, 0.3) is 11.1 Å². The summed E-state index contributed by atoms with van der Waals surface area (Å²) in [6.45, 7) is 14.9. The molecule has 1 atom stereocenters. The molecule has 0 fully saturated rings. The molecule has 1 unspecified atom stereocenters. The van der Waals surface area contributed by atoms with E-state index in [4.69, 9.17) is 0 Å². The van der Waals surface area contributed by atoms with Crippen LogP contribution in [0.3, 0.4) is 0 Å². The summed E-state index contributed by atoms with van der Waals surface area (Å²) >= 11 is 0. The minimum atomic E-state index is 0.138. The van der Waals surface area contributed by atoms with Gasteiger partial charge in [-0.1, -0.05) is 114 Å². The summed E-state index contributed by atoms with van der Waals surface area (Å²) in [5, 5.41) is 0. The monoisotopic (exact) mass is 508 g/mol.